The average molecular weight is 202 g/mol. The zero-order valence-corrected chi connectivity index (χ0v) is 8.60. The van der Waals surface area contributed by atoms with Crippen LogP contribution in [0.1, 0.15) is 33.1 Å². The summed E-state index contributed by atoms with van der Waals surface area (Å²) in [7, 11) is 0. The summed E-state index contributed by atoms with van der Waals surface area (Å²) >= 11 is 0. The minimum atomic E-state index is -0.935. The van der Waals surface area contributed by atoms with Gasteiger partial charge in [0.05, 0.1) is 12.2 Å². The Morgan fingerprint density at radius 1 is 1.43 bits per heavy atom. The molecule has 82 valence electrons. The van der Waals surface area contributed by atoms with Gasteiger partial charge in [-0.25, -0.2) is 4.79 Å². The number of carboxylic acids is 1. The molecule has 4 nitrogen and oxygen atoms in total. The van der Waals surface area contributed by atoms with Gasteiger partial charge in [0.25, 0.3) is 0 Å². The molecule has 0 rings (SSSR count). The number of rotatable bonds is 6. The molecular formula is C10H18O4. The summed E-state index contributed by atoms with van der Waals surface area (Å²) in [4.78, 5) is 10.4. The Kier molecular flexibility index (Phi) is 6.16. The van der Waals surface area contributed by atoms with Crippen LogP contribution >= 0.6 is 0 Å². The second-order valence-electron chi connectivity index (χ2n) is 3.51. The molecule has 2 atom stereocenters. The van der Waals surface area contributed by atoms with Crippen LogP contribution in [0, 0.1) is 0 Å². The molecule has 14 heavy (non-hydrogen) atoms. The number of carboxylic acid groups (broad SMARTS) is 1. The van der Waals surface area contributed by atoms with Crippen molar-refractivity contribution in [3.8, 4) is 0 Å². The van der Waals surface area contributed by atoms with Gasteiger partial charge < -0.3 is 15.3 Å². The maximum absolute atomic E-state index is 10.4. The van der Waals surface area contributed by atoms with Crippen molar-refractivity contribution in [2.45, 2.75) is 45.3 Å². The van der Waals surface area contributed by atoms with E-state index in [-0.39, 0.29) is 5.57 Å². The number of carbonyl (C=O) groups is 1. The lowest BCUT2D eigenvalue weighted by Gasteiger charge is -2.10. The lowest BCUT2D eigenvalue weighted by atomic mass is 10.1. The predicted molar refractivity (Wildman–Crippen MR) is 52.9 cm³/mol. The molecule has 3 N–H and O–H groups in total. The Balaban J connectivity index is 3.73. The van der Waals surface area contributed by atoms with E-state index in [1.165, 1.54) is 6.92 Å². The quantitative estimate of drug-likeness (QED) is 0.560. The van der Waals surface area contributed by atoms with Crippen LogP contribution in [0.5, 0.6) is 0 Å². The molecule has 0 heterocycles. The Hall–Kier alpha value is -0.870. The molecule has 0 radical (unpaired) electrons. The van der Waals surface area contributed by atoms with Gasteiger partial charge in [-0.3, -0.25) is 0 Å². The van der Waals surface area contributed by atoms with Crippen LogP contribution in [0.15, 0.2) is 11.6 Å². The van der Waals surface area contributed by atoms with Gasteiger partial charge in [0.15, 0.2) is 0 Å². The maximum Gasteiger partial charge on any atom is 0.330 e. The van der Waals surface area contributed by atoms with E-state index in [4.69, 9.17) is 10.2 Å². The van der Waals surface area contributed by atoms with Crippen LogP contribution in [-0.2, 0) is 4.79 Å². The van der Waals surface area contributed by atoms with Crippen molar-refractivity contribution in [3.63, 3.8) is 0 Å². The van der Waals surface area contributed by atoms with Crippen LogP contribution in [0.2, 0.25) is 0 Å². The Labute approximate surface area is 83.9 Å². The lowest BCUT2D eigenvalue weighted by molar-refractivity contribution is -0.132. The molecule has 0 saturated carbocycles. The van der Waals surface area contributed by atoms with E-state index < -0.39 is 18.2 Å². The third-order valence-corrected chi connectivity index (χ3v) is 1.90. The fraction of sp³-hybridized carbons (Fsp3) is 0.700. The zero-order valence-electron chi connectivity index (χ0n) is 8.60. The topological polar surface area (TPSA) is 77.8 Å². The van der Waals surface area contributed by atoms with E-state index in [9.17, 15) is 9.90 Å². The van der Waals surface area contributed by atoms with Crippen molar-refractivity contribution >= 4 is 5.97 Å². The summed E-state index contributed by atoms with van der Waals surface area (Å²) in [5, 5.41) is 26.8. The van der Waals surface area contributed by atoms with Gasteiger partial charge >= 0.3 is 5.97 Å². The predicted octanol–water partition coefficient (Wildman–Crippen LogP) is 0.929. The van der Waals surface area contributed by atoms with Crippen LogP contribution in [-0.4, -0.2) is 33.5 Å². The number of aliphatic hydroxyl groups is 2. The Morgan fingerprint density at radius 2 is 2.00 bits per heavy atom. The first-order valence-electron chi connectivity index (χ1n) is 4.69. The summed E-state index contributed by atoms with van der Waals surface area (Å²) in [6.45, 7) is 3.13. The molecule has 0 aliphatic carbocycles. The third kappa shape index (κ3) is 6.62. The zero-order chi connectivity index (χ0) is 11.1. The van der Waals surface area contributed by atoms with Gasteiger partial charge in [-0.2, -0.15) is 0 Å². The summed E-state index contributed by atoms with van der Waals surface area (Å²) in [5.74, 6) is -0.935. The summed E-state index contributed by atoms with van der Waals surface area (Å²) < 4.78 is 0. The summed E-state index contributed by atoms with van der Waals surface area (Å²) in [6.07, 6.45) is 1.83. The normalized spacial score (nSPS) is 16.4. The van der Waals surface area contributed by atoms with Crippen molar-refractivity contribution in [2.75, 3.05) is 0 Å². The molecule has 0 fully saturated rings. The molecule has 0 aromatic rings. The molecule has 0 saturated heterocycles. The minimum Gasteiger partial charge on any atom is -0.478 e. The van der Waals surface area contributed by atoms with Crippen molar-refractivity contribution in [1.29, 1.82) is 0 Å². The molecule has 0 bridgehead atoms. The first kappa shape index (κ1) is 13.1. The molecule has 0 aliphatic heterocycles. The van der Waals surface area contributed by atoms with Gasteiger partial charge in [0.2, 0.25) is 0 Å². The van der Waals surface area contributed by atoms with Crippen LogP contribution < -0.4 is 0 Å². The van der Waals surface area contributed by atoms with Gasteiger partial charge in [0.1, 0.15) is 0 Å². The molecule has 0 amide bonds. The van der Waals surface area contributed by atoms with E-state index in [1.54, 1.807) is 13.0 Å². The molecular weight excluding hydrogens is 184 g/mol. The number of hydrogen-bond acceptors (Lipinski definition) is 3. The molecule has 0 aromatic carbocycles. The maximum atomic E-state index is 10.4. The summed E-state index contributed by atoms with van der Waals surface area (Å²) in [6, 6.07) is 0. The second kappa shape index (κ2) is 6.56. The second-order valence-corrected chi connectivity index (χ2v) is 3.51. The van der Waals surface area contributed by atoms with Crippen LogP contribution in [0.4, 0.5) is 0 Å². The largest absolute Gasteiger partial charge is 0.478 e. The Morgan fingerprint density at radius 3 is 2.43 bits per heavy atom. The Bertz CT molecular complexity index is 208. The van der Waals surface area contributed by atoms with Crippen molar-refractivity contribution in [2.24, 2.45) is 0 Å². The fourth-order valence-corrected chi connectivity index (χ4v) is 1.09. The first-order valence-corrected chi connectivity index (χ1v) is 4.69. The van der Waals surface area contributed by atoms with Gasteiger partial charge in [-0.05, 0) is 33.1 Å². The molecule has 0 spiro atoms. The highest BCUT2D eigenvalue weighted by molar-refractivity contribution is 5.85. The van der Waals surface area contributed by atoms with Crippen LogP contribution in [0.25, 0.3) is 0 Å². The SMILES string of the molecule is CC(=CCC[C@H](O)C[C@H](C)O)C(=O)O. The molecule has 0 aromatic heterocycles. The van der Waals surface area contributed by atoms with E-state index in [0.717, 1.165) is 0 Å². The molecule has 0 unspecified atom stereocenters. The van der Waals surface area contributed by atoms with Crippen molar-refractivity contribution < 1.29 is 20.1 Å². The number of aliphatic carboxylic acids is 1. The first-order chi connectivity index (χ1) is 6.43. The van der Waals surface area contributed by atoms with E-state index in [0.29, 0.717) is 19.3 Å². The fourth-order valence-electron chi connectivity index (χ4n) is 1.09. The highest BCUT2D eigenvalue weighted by atomic mass is 16.4. The van der Waals surface area contributed by atoms with E-state index in [2.05, 4.69) is 0 Å². The van der Waals surface area contributed by atoms with E-state index >= 15 is 0 Å². The monoisotopic (exact) mass is 202 g/mol. The third-order valence-electron chi connectivity index (χ3n) is 1.90. The molecule has 4 heteroatoms. The van der Waals surface area contributed by atoms with Crippen molar-refractivity contribution in [1.82, 2.24) is 0 Å². The van der Waals surface area contributed by atoms with Gasteiger partial charge in [-0.15, -0.1) is 0 Å². The highest BCUT2D eigenvalue weighted by Crippen LogP contribution is 2.07. The lowest BCUT2D eigenvalue weighted by Crippen LogP contribution is -2.14. The highest BCUT2D eigenvalue weighted by Gasteiger charge is 2.07. The van der Waals surface area contributed by atoms with Gasteiger partial charge in [0, 0.05) is 5.57 Å². The average Bonchev–Trinajstić information content (AvgIpc) is 2.02. The van der Waals surface area contributed by atoms with E-state index in [1.807, 2.05) is 0 Å². The van der Waals surface area contributed by atoms with Crippen molar-refractivity contribution in [3.05, 3.63) is 11.6 Å². The number of aliphatic hydroxyl groups excluding tert-OH is 2. The molecule has 0 aliphatic rings. The standard InChI is InChI=1S/C10H18O4/c1-7(10(13)14)4-3-5-9(12)6-8(2)11/h4,8-9,11-12H,3,5-6H2,1-2H3,(H,13,14)/t8-,9-/m0/s1. The van der Waals surface area contributed by atoms with Gasteiger partial charge in [-0.1, -0.05) is 6.08 Å². The smallest absolute Gasteiger partial charge is 0.330 e. The van der Waals surface area contributed by atoms with Crippen LogP contribution in [0.3, 0.4) is 0 Å². The number of allylic oxidation sites excluding steroid dienone is 1. The number of hydrogen-bond donors (Lipinski definition) is 3. The summed E-state index contributed by atoms with van der Waals surface area (Å²) in [5.41, 5.74) is 0.286. The minimum absolute atomic E-state index is 0.286.